The number of hydrogen-bond acceptors (Lipinski definition) is 3. The van der Waals surface area contributed by atoms with E-state index in [1.165, 1.54) is 0 Å². The minimum absolute atomic E-state index is 0. The number of carbonyl (C=O) groups is 2. The summed E-state index contributed by atoms with van der Waals surface area (Å²) in [5.41, 5.74) is 0. The highest BCUT2D eigenvalue weighted by atomic mass is 16.6. The quantitative estimate of drug-likeness (QED) is 0.497. The Morgan fingerprint density at radius 1 is 1.10 bits per heavy atom. The molecule has 0 aromatic heterocycles. The lowest BCUT2D eigenvalue weighted by Gasteiger charge is -1.70. The maximum Gasteiger partial charge on any atom is 0.376 e. The maximum atomic E-state index is 9.83. The largest absolute Gasteiger partial charge is 0.475 e. The van der Waals surface area contributed by atoms with Crippen LogP contribution in [0.4, 0.5) is 0 Å². The van der Waals surface area contributed by atoms with E-state index >= 15 is 0 Å². The summed E-state index contributed by atoms with van der Waals surface area (Å²) in [6, 6.07) is 0. The van der Waals surface area contributed by atoms with Gasteiger partial charge in [-0.1, -0.05) is 0 Å². The Bertz CT molecular complexity index is 192. The summed E-state index contributed by atoms with van der Waals surface area (Å²) in [5, 5.41) is 16.1. The minimum Gasteiger partial charge on any atom is -0.475 e. The van der Waals surface area contributed by atoms with Crippen molar-refractivity contribution in [3.63, 3.8) is 0 Å². The van der Waals surface area contributed by atoms with Crippen molar-refractivity contribution in [2.45, 2.75) is 0 Å². The van der Waals surface area contributed by atoms with Crippen molar-refractivity contribution in [1.29, 1.82) is 0 Å². The van der Waals surface area contributed by atoms with E-state index in [9.17, 15) is 9.59 Å². The van der Waals surface area contributed by atoms with Crippen molar-refractivity contribution in [1.82, 2.24) is 0 Å². The first-order valence-electron chi connectivity index (χ1n) is 2.01. The SMILES string of the molecule is O.O=C(O)C1=C(C(=O)O)O1. The first-order valence-corrected chi connectivity index (χ1v) is 2.01. The first-order chi connectivity index (χ1) is 4.13. The van der Waals surface area contributed by atoms with Gasteiger partial charge < -0.3 is 20.4 Å². The molecule has 56 valence electrons. The molecule has 1 aliphatic heterocycles. The van der Waals surface area contributed by atoms with Crippen LogP contribution in [-0.2, 0) is 14.3 Å². The molecule has 0 saturated carbocycles. The van der Waals surface area contributed by atoms with E-state index in [1.807, 2.05) is 0 Å². The molecule has 1 aliphatic rings. The number of ether oxygens (including phenoxy) is 1. The van der Waals surface area contributed by atoms with Gasteiger partial charge in [-0.05, 0) is 0 Å². The Morgan fingerprint density at radius 3 is 1.50 bits per heavy atom. The third-order valence-electron chi connectivity index (χ3n) is 0.757. The molecular weight excluding hydrogens is 144 g/mol. The normalized spacial score (nSPS) is 13.2. The molecule has 0 aromatic carbocycles. The first kappa shape index (κ1) is 8.44. The van der Waals surface area contributed by atoms with Gasteiger partial charge in [0.15, 0.2) is 0 Å². The highest BCUT2D eigenvalue weighted by Gasteiger charge is 2.37. The molecule has 0 bridgehead atoms. The van der Waals surface area contributed by atoms with E-state index < -0.39 is 23.5 Å². The molecule has 4 N–H and O–H groups in total. The van der Waals surface area contributed by atoms with Gasteiger partial charge in [0.05, 0.1) is 0 Å². The number of aliphatic carboxylic acids is 2. The summed E-state index contributed by atoms with van der Waals surface area (Å²) in [6.45, 7) is 0. The summed E-state index contributed by atoms with van der Waals surface area (Å²) in [7, 11) is 0. The fourth-order valence-corrected chi connectivity index (χ4v) is 0.358. The predicted molar refractivity (Wildman–Crippen MR) is 27.0 cm³/mol. The van der Waals surface area contributed by atoms with Crippen molar-refractivity contribution in [3.8, 4) is 0 Å². The molecule has 1 heterocycles. The lowest BCUT2D eigenvalue weighted by Crippen LogP contribution is -1.91. The van der Waals surface area contributed by atoms with Crippen LogP contribution < -0.4 is 0 Å². The molecule has 0 amide bonds. The average molecular weight is 148 g/mol. The highest BCUT2D eigenvalue weighted by molar-refractivity contribution is 6.01. The zero-order valence-corrected chi connectivity index (χ0v) is 4.62. The lowest BCUT2D eigenvalue weighted by molar-refractivity contribution is -0.134. The van der Waals surface area contributed by atoms with Gasteiger partial charge in [0.1, 0.15) is 0 Å². The van der Waals surface area contributed by atoms with Crippen LogP contribution >= 0.6 is 0 Å². The monoisotopic (exact) mass is 148 g/mol. The van der Waals surface area contributed by atoms with Gasteiger partial charge in [-0.25, -0.2) is 9.59 Å². The molecule has 0 fully saturated rings. The molecule has 0 saturated heterocycles. The summed E-state index contributed by atoms with van der Waals surface area (Å²) in [4.78, 5) is 19.7. The molecule has 6 heteroatoms. The number of carboxylic acid groups (broad SMARTS) is 2. The lowest BCUT2D eigenvalue weighted by atomic mass is 10.5. The third-order valence-corrected chi connectivity index (χ3v) is 0.757. The highest BCUT2D eigenvalue weighted by Crippen LogP contribution is 2.25. The van der Waals surface area contributed by atoms with Crippen LogP contribution in [0.1, 0.15) is 0 Å². The molecule has 0 aliphatic carbocycles. The third kappa shape index (κ3) is 1.23. The van der Waals surface area contributed by atoms with E-state index in [4.69, 9.17) is 10.2 Å². The van der Waals surface area contributed by atoms with Gasteiger partial charge in [0, 0.05) is 0 Å². The smallest absolute Gasteiger partial charge is 0.376 e. The summed E-state index contributed by atoms with van der Waals surface area (Å²) < 4.78 is 4.07. The van der Waals surface area contributed by atoms with E-state index in [0.29, 0.717) is 0 Å². The second kappa shape index (κ2) is 2.36. The van der Waals surface area contributed by atoms with Gasteiger partial charge in [0.2, 0.25) is 0 Å². The number of carboxylic acids is 2. The molecule has 0 radical (unpaired) electrons. The molecule has 0 aromatic rings. The van der Waals surface area contributed by atoms with Crippen molar-refractivity contribution < 1.29 is 30.0 Å². The van der Waals surface area contributed by atoms with E-state index in [1.54, 1.807) is 0 Å². The van der Waals surface area contributed by atoms with Gasteiger partial charge in [-0.15, -0.1) is 0 Å². The number of rotatable bonds is 2. The predicted octanol–water partition coefficient (Wildman–Crippen LogP) is -1.43. The molecule has 10 heavy (non-hydrogen) atoms. The molecule has 0 spiro atoms. The van der Waals surface area contributed by atoms with Crippen LogP contribution in [-0.4, -0.2) is 27.6 Å². The Kier molecular flexibility index (Phi) is 1.99. The zero-order chi connectivity index (χ0) is 7.02. The Labute approximate surface area is 54.6 Å². The molecule has 0 unspecified atom stereocenters. The fourth-order valence-electron chi connectivity index (χ4n) is 0.358. The van der Waals surface area contributed by atoms with E-state index in [0.717, 1.165) is 0 Å². The standard InChI is InChI=1S/C4H2O5.H2O/c5-3(6)1-2(9-1)4(7)8;/h(H,5,6)(H,7,8);1H2. The van der Waals surface area contributed by atoms with Gasteiger partial charge in [-0.3, -0.25) is 0 Å². The second-order valence-electron chi connectivity index (χ2n) is 1.37. The maximum absolute atomic E-state index is 9.83. The molecular formula is C4H4O6. The zero-order valence-electron chi connectivity index (χ0n) is 4.62. The van der Waals surface area contributed by atoms with Crippen LogP contribution in [0.3, 0.4) is 0 Å². The Hall–Kier alpha value is -1.56. The van der Waals surface area contributed by atoms with Crippen LogP contribution in [0.25, 0.3) is 0 Å². The second-order valence-corrected chi connectivity index (χ2v) is 1.37. The molecule has 0 atom stereocenters. The van der Waals surface area contributed by atoms with Gasteiger partial charge in [-0.2, -0.15) is 0 Å². The minimum atomic E-state index is -1.34. The van der Waals surface area contributed by atoms with Crippen LogP contribution in [0.5, 0.6) is 0 Å². The summed E-state index contributed by atoms with van der Waals surface area (Å²) >= 11 is 0. The number of hydrogen-bond donors (Lipinski definition) is 2. The summed E-state index contributed by atoms with van der Waals surface area (Å²) in [6.07, 6.45) is 0. The van der Waals surface area contributed by atoms with Crippen molar-refractivity contribution in [2.24, 2.45) is 0 Å². The van der Waals surface area contributed by atoms with Crippen LogP contribution in [0.15, 0.2) is 11.5 Å². The molecule has 6 nitrogen and oxygen atoms in total. The topological polar surface area (TPSA) is 119 Å². The van der Waals surface area contributed by atoms with Crippen LogP contribution in [0, 0.1) is 0 Å². The Balaban J connectivity index is 0.000000810. The van der Waals surface area contributed by atoms with Crippen molar-refractivity contribution in [3.05, 3.63) is 11.5 Å². The van der Waals surface area contributed by atoms with E-state index in [-0.39, 0.29) is 5.48 Å². The van der Waals surface area contributed by atoms with E-state index in [2.05, 4.69) is 4.74 Å². The fraction of sp³-hybridized carbons (Fsp3) is 0. The Morgan fingerprint density at radius 2 is 1.40 bits per heavy atom. The summed E-state index contributed by atoms with van der Waals surface area (Å²) in [5.74, 6) is -3.62. The van der Waals surface area contributed by atoms with Crippen molar-refractivity contribution >= 4 is 11.9 Å². The van der Waals surface area contributed by atoms with Crippen LogP contribution in [0.2, 0.25) is 0 Å². The van der Waals surface area contributed by atoms with Crippen molar-refractivity contribution in [2.75, 3.05) is 0 Å². The van der Waals surface area contributed by atoms with Gasteiger partial charge in [0.25, 0.3) is 11.5 Å². The molecule has 1 rings (SSSR count). The van der Waals surface area contributed by atoms with Gasteiger partial charge >= 0.3 is 11.9 Å². The average Bonchev–Trinajstić information content (AvgIpc) is 2.39.